The zero-order valence-corrected chi connectivity index (χ0v) is 33.2. The molecule has 0 spiro atoms. The lowest BCUT2D eigenvalue weighted by Gasteiger charge is -2.47. The van der Waals surface area contributed by atoms with Gasteiger partial charge in [0.15, 0.2) is 17.7 Å². The maximum atomic E-state index is 14.3. The maximum Gasteiger partial charge on any atom is 0.408 e. The minimum Gasteiger partial charge on any atom is -0.457 e. The maximum absolute atomic E-state index is 14.3. The van der Waals surface area contributed by atoms with Crippen molar-refractivity contribution >= 4 is 17.8 Å². The highest BCUT2D eigenvalue weighted by Gasteiger charge is 2.58. The smallest absolute Gasteiger partial charge is 0.408 e. The molecule has 13 heteroatoms. The average Bonchev–Trinajstić information content (AvgIpc) is 3.41. The van der Waals surface area contributed by atoms with Gasteiger partial charge in [-0.2, -0.15) is 0 Å². The first-order chi connectivity index (χ1) is 23.3. The Bertz CT molecular complexity index is 1160. The SMILES string of the molecule is CC[C@H]1OC(=O)C(C)C(=O)[C@H](C)[C@@H](OC2OC(CN(C)C(C)C)CC(N(C)C)C2O)[C@](C)(OC)C[C@@H](C)CN(C)[C@H](C)[C@H]2NC(=O)O[C@@]21CC. The number of nitrogens with zero attached hydrogens (tertiary/aromatic N) is 3. The molecule has 1 amide bonds. The van der Waals surface area contributed by atoms with E-state index in [1.807, 2.05) is 60.8 Å². The first-order valence-electron chi connectivity index (χ1n) is 18.6. The standard InChI is InChI=1S/C37H68N4O9/c1-15-28-37(16-2)31(38-35(45)50-37)25(8)41(13)19-22(5)18-36(9,46-14)32(23(6)29(42)24(7)33(44)48-28)49-34-30(43)27(39(10)11)17-26(47-34)20-40(12)21(3)4/h21-28,30-32,34,43H,15-20H2,1-14H3,(H,38,45)/t22-,23+,24?,25-,26?,27?,28-,30?,31-,32-,34?,36-,37-/m1/s1. The molecule has 0 aromatic rings. The number of carbonyl (C=O) groups excluding carboxylic acids is 3. The molecule has 5 unspecified atom stereocenters. The zero-order valence-electron chi connectivity index (χ0n) is 33.2. The van der Waals surface area contributed by atoms with E-state index in [0.717, 1.165) is 0 Å². The van der Waals surface area contributed by atoms with Crippen LogP contribution in [0.5, 0.6) is 0 Å². The van der Waals surface area contributed by atoms with E-state index >= 15 is 0 Å². The van der Waals surface area contributed by atoms with Crippen LogP contribution in [0.1, 0.15) is 88.0 Å². The molecule has 0 aliphatic carbocycles. The second-order valence-electron chi connectivity index (χ2n) is 16.0. The van der Waals surface area contributed by atoms with Crippen LogP contribution in [0.3, 0.4) is 0 Å². The van der Waals surface area contributed by atoms with E-state index in [0.29, 0.717) is 44.8 Å². The summed E-state index contributed by atoms with van der Waals surface area (Å²) in [6.07, 6.45) is -2.59. The first kappa shape index (κ1) is 42.5. The highest BCUT2D eigenvalue weighted by molar-refractivity contribution is 6.00. The molecule has 50 heavy (non-hydrogen) atoms. The zero-order chi connectivity index (χ0) is 37.9. The molecule has 0 saturated carbocycles. The highest BCUT2D eigenvalue weighted by Crippen LogP contribution is 2.40. The lowest BCUT2D eigenvalue weighted by atomic mass is 9.78. The van der Waals surface area contributed by atoms with Gasteiger partial charge in [0.25, 0.3) is 0 Å². The number of fused-ring (bicyclic) bond motifs is 1. The Labute approximate surface area is 301 Å². The second kappa shape index (κ2) is 17.3. The molecule has 13 atom stereocenters. The molecule has 290 valence electrons. The number of esters is 1. The van der Waals surface area contributed by atoms with Crippen molar-refractivity contribution in [2.75, 3.05) is 48.4 Å². The van der Waals surface area contributed by atoms with Gasteiger partial charge in [0.05, 0.1) is 23.9 Å². The lowest BCUT2D eigenvalue weighted by Crippen LogP contribution is -2.61. The molecular weight excluding hydrogens is 644 g/mol. The number of cyclic esters (lactones) is 1. The highest BCUT2D eigenvalue weighted by atomic mass is 16.7. The van der Waals surface area contributed by atoms with E-state index in [9.17, 15) is 19.5 Å². The lowest BCUT2D eigenvalue weighted by molar-refractivity contribution is -0.299. The number of aliphatic hydroxyl groups is 1. The minimum absolute atomic E-state index is 0.0384. The number of nitrogens with one attached hydrogen (secondary N) is 1. The van der Waals surface area contributed by atoms with Crippen LogP contribution >= 0.6 is 0 Å². The van der Waals surface area contributed by atoms with Gasteiger partial charge >= 0.3 is 12.1 Å². The molecule has 3 heterocycles. The van der Waals surface area contributed by atoms with Gasteiger partial charge in [0.1, 0.15) is 18.1 Å². The van der Waals surface area contributed by atoms with Crippen molar-refractivity contribution in [1.82, 2.24) is 20.0 Å². The van der Waals surface area contributed by atoms with Crippen molar-refractivity contribution in [3.63, 3.8) is 0 Å². The average molecular weight is 713 g/mol. The molecule has 3 fully saturated rings. The summed E-state index contributed by atoms with van der Waals surface area (Å²) in [4.78, 5) is 47.3. The van der Waals surface area contributed by atoms with Crippen LogP contribution in [0.2, 0.25) is 0 Å². The van der Waals surface area contributed by atoms with Gasteiger partial charge in [-0.15, -0.1) is 0 Å². The van der Waals surface area contributed by atoms with Crippen LogP contribution in [0.15, 0.2) is 0 Å². The number of hydrogen-bond acceptors (Lipinski definition) is 12. The fourth-order valence-corrected chi connectivity index (χ4v) is 8.37. The van der Waals surface area contributed by atoms with Crippen LogP contribution in [-0.4, -0.2) is 152 Å². The molecule has 3 aliphatic rings. The number of carbonyl (C=O) groups is 3. The second-order valence-corrected chi connectivity index (χ2v) is 16.0. The van der Waals surface area contributed by atoms with Crippen molar-refractivity contribution in [1.29, 1.82) is 0 Å². The van der Waals surface area contributed by atoms with Crippen LogP contribution in [0, 0.1) is 17.8 Å². The summed E-state index contributed by atoms with van der Waals surface area (Å²) in [5.74, 6) is -3.02. The fraction of sp³-hybridized carbons (Fsp3) is 0.919. The monoisotopic (exact) mass is 712 g/mol. The summed E-state index contributed by atoms with van der Waals surface area (Å²) in [6.45, 7) is 18.7. The Morgan fingerprint density at radius 1 is 1.10 bits per heavy atom. The topological polar surface area (TPSA) is 139 Å². The van der Waals surface area contributed by atoms with Gasteiger partial charge in [0.2, 0.25) is 0 Å². The third-order valence-corrected chi connectivity index (χ3v) is 11.9. The molecule has 0 bridgehead atoms. The summed E-state index contributed by atoms with van der Waals surface area (Å²) in [5, 5.41) is 14.7. The quantitative estimate of drug-likeness (QED) is 0.268. The number of likely N-dealkylation sites (N-methyl/N-ethyl adjacent to an activating group) is 3. The third-order valence-electron chi connectivity index (χ3n) is 11.9. The largest absolute Gasteiger partial charge is 0.457 e. The predicted octanol–water partition coefficient (Wildman–Crippen LogP) is 3.30. The first-order valence-corrected chi connectivity index (χ1v) is 18.6. The van der Waals surface area contributed by atoms with Crippen molar-refractivity contribution in [2.24, 2.45) is 17.8 Å². The predicted molar refractivity (Wildman–Crippen MR) is 191 cm³/mol. The Morgan fingerprint density at radius 3 is 2.28 bits per heavy atom. The van der Waals surface area contributed by atoms with Gasteiger partial charge in [-0.1, -0.05) is 27.7 Å². The number of ether oxygens (including phenoxy) is 5. The number of hydrogen-bond donors (Lipinski definition) is 2. The van der Waals surface area contributed by atoms with Gasteiger partial charge in [0, 0.05) is 44.2 Å². The van der Waals surface area contributed by atoms with E-state index in [1.165, 1.54) is 0 Å². The Morgan fingerprint density at radius 2 is 1.74 bits per heavy atom. The number of alkyl carbamates (subject to hydrolysis) is 1. The summed E-state index contributed by atoms with van der Waals surface area (Å²) in [6, 6.07) is -0.600. The number of amides is 1. The van der Waals surface area contributed by atoms with E-state index in [1.54, 1.807) is 21.0 Å². The van der Waals surface area contributed by atoms with Crippen LogP contribution < -0.4 is 5.32 Å². The van der Waals surface area contributed by atoms with Gasteiger partial charge in [-0.25, -0.2) is 4.79 Å². The van der Waals surface area contributed by atoms with Crippen LogP contribution in [0.4, 0.5) is 4.79 Å². The van der Waals surface area contributed by atoms with E-state index in [-0.39, 0.29) is 29.9 Å². The van der Waals surface area contributed by atoms with E-state index in [4.69, 9.17) is 23.7 Å². The molecular formula is C37H68N4O9. The number of rotatable bonds is 9. The molecule has 3 rings (SSSR count). The van der Waals surface area contributed by atoms with Crippen molar-refractivity contribution in [2.45, 2.75) is 154 Å². The third kappa shape index (κ3) is 9.01. The minimum atomic E-state index is -1.15. The molecule has 0 aromatic carbocycles. The molecule has 13 nitrogen and oxygen atoms in total. The number of ketones is 1. The molecule has 0 radical (unpaired) electrons. The summed E-state index contributed by atoms with van der Waals surface area (Å²) >= 11 is 0. The number of aliphatic hydroxyl groups excluding tert-OH is 1. The van der Waals surface area contributed by atoms with Crippen molar-refractivity contribution in [3.05, 3.63) is 0 Å². The normalized spacial score (nSPS) is 41.4. The number of methoxy groups -OCH3 is 1. The molecule has 2 N–H and O–H groups in total. The van der Waals surface area contributed by atoms with E-state index in [2.05, 4.69) is 35.9 Å². The number of Topliss-reactive ketones (excluding diaryl/α,β-unsaturated/α-hetero) is 1. The Hall–Kier alpha value is -1.87. The van der Waals surface area contributed by atoms with Gasteiger partial charge in [-0.3, -0.25) is 9.59 Å². The van der Waals surface area contributed by atoms with Crippen molar-refractivity contribution < 1.29 is 43.2 Å². The molecule has 3 aliphatic heterocycles. The fourth-order valence-electron chi connectivity index (χ4n) is 8.37. The summed E-state index contributed by atoms with van der Waals surface area (Å²) in [7, 11) is 9.51. The Balaban J connectivity index is 2.08. The van der Waals surface area contributed by atoms with Crippen LogP contribution in [-0.2, 0) is 33.3 Å². The molecule has 3 saturated heterocycles. The van der Waals surface area contributed by atoms with Crippen molar-refractivity contribution in [3.8, 4) is 0 Å². The summed E-state index contributed by atoms with van der Waals surface area (Å²) < 4.78 is 31.7. The van der Waals surface area contributed by atoms with Gasteiger partial charge in [-0.05, 0) is 94.4 Å². The van der Waals surface area contributed by atoms with E-state index < -0.39 is 65.7 Å². The summed E-state index contributed by atoms with van der Waals surface area (Å²) in [5.41, 5.74) is -2.14. The Kier molecular flexibility index (Phi) is 14.7. The molecule has 0 aromatic heterocycles. The van der Waals surface area contributed by atoms with Gasteiger partial charge < -0.3 is 48.8 Å². The van der Waals surface area contributed by atoms with Crippen LogP contribution in [0.25, 0.3) is 0 Å².